The Balaban J connectivity index is 1.76. The van der Waals surface area contributed by atoms with Gasteiger partial charge < -0.3 is 9.30 Å². The second-order valence-electron chi connectivity index (χ2n) is 7.43. The number of aromatic nitrogens is 6. The molecule has 0 radical (unpaired) electrons. The second kappa shape index (κ2) is 6.93. The van der Waals surface area contributed by atoms with Gasteiger partial charge in [0.15, 0.2) is 0 Å². The van der Waals surface area contributed by atoms with E-state index in [1.54, 1.807) is 0 Å². The lowest BCUT2D eigenvalue weighted by Crippen LogP contribution is -2.27. The summed E-state index contributed by atoms with van der Waals surface area (Å²) in [5.41, 5.74) is 3.88. The van der Waals surface area contributed by atoms with E-state index in [9.17, 15) is 0 Å². The fourth-order valence-corrected chi connectivity index (χ4v) is 4.61. The Hall–Kier alpha value is -2.32. The summed E-state index contributed by atoms with van der Waals surface area (Å²) >= 11 is 3.64. The third-order valence-electron chi connectivity index (χ3n) is 5.34. The highest BCUT2D eigenvalue weighted by Crippen LogP contribution is 2.36. The van der Waals surface area contributed by atoms with Crippen molar-refractivity contribution in [2.45, 2.75) is 45.4 Å². The molecule has 4 heterocycles. The zero-order chi connectivity index (χ0) is 19.3. The molecule has 5 rings (SSSR count). The molecule has 1 fully saturated rings. The number of hydrogen-bond acceptors (Lipinski definition) is 5. The van der Waals surface area contributed by atoms with Crippen molar-refractivity contribution < 1.29 is 4.74 Å². The molecule has 0 spiro atoms. The Morgan fingerprint density at radius 1 is 1.25 bits per heavy atom. The minimum atomic E-state index is 0.231. The molecule has 1 aliphatic heterocycles. The highest BCUT2D eigenvalue weighted by atomic mass is 79.9. The topological polar surface area (TPSA) is 70.7 Å². The molecule has 0 saturated carbocycles. The number of fused-ring (bicyclic) bond motifs is 3. The first-order valence-electron chi connectivity index (χ1n) is 9.53. The van der Waals surface area contributed by atoms with Gasteiger partial charge in [-0.25, -0.2) is 14.6 Å². The van der Waals surface area contributed by atoms with Gasteiger partial charge in [-0.2, -0.15) is 0 Å². The maximum atomic E-state index is 5.81. The molecule has 144 valence electrons. The third-order valence-corrected chi connectivity index (χ3v) is 5.89. The van der Waals surface area contributed by atoms with Crippen LogP contribution in [0.4, 0.5) is 0 Å². The number of hydrogen-bond donors (Lipinski definition) is 0. The minimum Gasteiger partial charge on any atom is -0.378 e. The van der Waals surface area contributed by atoms with E-state index < -0.39 is 0 Å². The van der Waals surface area contributed by atoms with Gasteiger partial charge >= 0.3 is 0 Å². The SMILES string of the molecule is Cc1cn(Cc2nc3c(Br)nc4ccccc4c3n2[C@@H]2CCO[C@H](C)C2)nn1. The van der Waals surface area contributed by atoms with E-state index in [1.807, 2.05) is 29.9 Å². The Labute approximate surface area is 170 Å². The number of rotatable bonds is 3. The number of nitrogens with zero attached hydrogens (tertiary/aromatic N) is 6. The first-order chi connectivity index (χ1) is 13.6. The van der Waals surface area contributed by atoms with Gasteiger partial charge in [0.05, 0.1) is 22.8 Å². The molecule has 0 aliphatic carbocycles. The molecule has 2 atom stereocenters. The fourth-order valence-electron chi connectivity index (χ4n) is 4.14. The van der Waals surface area contributed by atoms with Gasteiger partial charge in [-0.3, -0.25) is 0 Å². The van der Waals surface area contributed by atoms with Crippen LogP contribution in [0.25, 0.3) is 21.9 Å². The Bertz CT molecular complexity index is 1170. The number of aryl methyl sites for hydroxylation is 1. The molecule has 28 heavy (non-hydrogen) atoms. The van der Waals surface area contributed by atoms with Gasteiger partial charge in [-0.1, -0.05) is 23.4 Å². The van der Waals surface area contributed by atoms with Crippen LogP contribution in [-0.4, -0.2) is 42.2 Å². The first-order valence-corrected chi connectivity index (χ1v) is 10.3. The largest absolute Gasteiger partial charge is 0.378 e. The summed E-state index contributed by atoms with van der Waals surface area (Å²) < 4.78 is 10.8. The van der Waals surface area contributed by atoms with Gasteiger partial charge in [-0.05, 0) is 48.7 Å². The van der Waals surface area contributed by atoms with E-state index in [2.05, 4.69) is 49.9 Å². The van der Waals surface area contributed by atoms with Gasteiger partial charge in [0.2, 0.25) is 0 Å². The molecule has 0 amide bonds. The van der Waals surface area contributed by atoms with Crippen LogP contribution in [0.1, 0.15) is 37.3 Å². The maximum absolute atomic E-state index is 5.81. The molecule has 4 aromatic rings. The fraction of sp³-hybridized carbons (Fsp3) is 0.400. The quantitative estimate of drug-likeness (QED) is 0.449. The highest BCUT2D eigenvalue weighted by Gasteiger charge is 2.27. The van der Waals surface area contributed by atoms with E-state index in [1.165, 1.54) is 0 Å². The molecule has 0 unspecified atom stereocenters. The number of pyridine rings is 1. The average Bonchev–Trinajstić information content (AvgIpc) is 3.26. The van der Waals surface area contributed by atoms with Crippen LogP contribution in [0.15, 0.2) is 35.1 Å². The molecule has 0 N–H and O–H groups in total. The molecule has 7 nitrogen and oxygen atoms in total. The summed E-state index contributed by atoms with van der Waals surface area (Å²) in [6, 6.07) is 8.57. The van der Waals surface area contributed by atoms with E-state index >= 15 is 0 Å². The molecule has 8 heteroatoms. The van der Waals surface area contributed by atoms with Crippen molar-refractivity contribution in [1.29, 1.82) is 0 Å². The van der Waals surface area contributed by atoms with E-state index in [0.717, 1.165) is 57.5 Å². The second-order valence-corrected chi connectivity index (χ2v) is 8.18. The van der Waals surface area contributed by atoms with Crippen molar-refractivity contribution in [2.75, 3.05) is 6.61 Å². The molecule has 3 aromatic heterocycles. The van der Waals surface area contributed by atoms with Gasteiger partial charge in [0, 0.05) is 24.2 Å². The summed E-state index contributed by atoms with van der Waals surface area (Å²) in [4.78, 5) is 9.70. The smallest absolute Gasteiger partial charge is 0.134 e. The normalized spacial score (nSPS) is 20.2. The van der Waals surface area contributed by atoms with Gasteiger partial charge in [0.25, 0.3) is 0 Å². The van der Waals surface area contributed by atoms with Crippen LogP contribution in [0.3, 0.4) is 0 Å². The molecular weight excluding hydrogens is 420 g/mol. The van der Waals surface area contributed by atoms with Crippen LogP contribution >= 0.6 is 15.9 Å². The predicted molar refractivity (Wildman–Crippen MR) is 110 cm³/mol. The Morgan fingerprint density at radius 3 is 2.89 bits per heavy atom. The lowest BCUT2D eigenvalue weighted by molar-refractivity contribution is 0.00619. The van der Waals surface area contributed by atoms with Gasteiger partial charge in [-0.15, -0.1) is 5.10 Å². The van der Waals surface area contributed by atoms with Crippen LogP contribution in [0.2, 0.25) is 0 Å². The molecule has 1 saturated heterocycles. The number of para-hydroxylation sites is 1. The number of imidazole rings is 1. The van der Waals surface area contributed by atoms with Crippen LogP contribution < -0.4 is 0 Å². The molecule has 0 bridgehead atoms. The zero-order valence-electron chi connectivity index (χ0n) is 15.8. The standard InChI is InChI=1S/C20H21BrN6O/c1-12-10-26(25-24-12)11-17-23-18-19(27(17)14-7-8-28-13(2)9-14)15-5-3-4-6-16(15)22-20(18)21/h3-6,10,13-14H,7-9,11H2,1-2H3/t13-,14-/m1/s1. The van der Waals surface area contributed by atoms with Crippen molar-refractivity contribution in [3.8, 4) is 0 Å². The predicted octanol–water partition coefficient (Wildman–Crippen LogP) is 4.04. The van der Waals surface area contributed by atoms with Gasteiger partial charge in [0.1, 0.15) is 22.5 Å². The molecule has 1 aliphatic rings. The monoisotopic (exact) mass is 440 g/mol. The average molecular weight is 441 g/mol. The maximum Gasteiger partial charge on any atom is 0.134 e. The molecule has 1 aromatic carbocycles. The van der Waals surface area contributed by atoms with Crippen molar-refractivity contribution in [3.63, 3.8) is 0 Å². The van der Waals surface area contributed by atoms with Crippen molar-refractivity contribution in [2.24, 2.45) is 0 Å². The summed E-state index contributed by atoms with van der Waals surface area (Å²) in [5.74, 6) is 0.970. The van der Waals surface area contributed by atoms with E-state index in [0.29, 0.717) is 12.6 Å². The zero-order valence-corrected chi connectivity index (χ0v) is 17.4. The highest BCUT2D eigenvalue weighted by molar-refractivity contribution is 9.10. The van der Waals surface area contributed by atoms with Crippen LogP contribution in [-0.2, 0) is 11.3 Å². The summed E-state index contributed by atoms with van der Waals surface area (Å²) in [7, 11) is 0. The van der Waals surface area contributed by atoms with E-state index in [4.69, 9.17) is 14.7 Å². The van der Waals surface area contributed by atoms with Crippen LogP contribution in [0, 0.1) is 6.92 Å². The number of benzene rings is 1. The lowest BCUT2D eigenvalue weighted by atomic mass is 10.0. The minimum absolute atomic E-state index is 0.231. The van der Waals surface area contributed by atoms with Crippen molar-refractivity contribution >= 4 is 37.9 Å². The van der Waals surface area contributed by atoms with E-state index in [-0.39, 0.29) is 6.10 Å². The number of ether oxygens (including phenoxy) is 1. The third kappa shape index (κ3) is 3.00. The lowest BCUT2D eigenvalue weighted by Gasteiger charge is -2.30. The Morgan fingerprint density at radius 2 is 2.11 bits per heavy atom. The summed E-state index contributed by atoms with van der Waals surface area (Å²) in [6.07, 6.45) is 4.10. The Kier molecular flexibility index (Phi) is 4.40. The molecular formula is C20H21BrN6O. The van der Waals surface area contributed by atoms with Crippen molar-refractivity contribution in [3.05, 3.63) is 46.6 Å². The number of halogens is 1. The summed E-state index contributed by atoms with van der Waals surface area (Å²) in [5, 5.41) is 9.47. The van der Waals surface area contributed by atoms with Crippen LogP contribution in [0.5, 0.6) is 0 Å². The first kappa shape index (κ1) is 17.8. The van der Waals surface area contributed by atoms with Crippen molar-refractivity contribution in [1.82, 2.24) is 29.5 Å². The summed E-state index contributed by atoms with van der Waals surface area (Å²) in [6.45, 7) is 5.42.